The lowest BCUT2D eigenvalue weighted by molar-refractivity contribution is -0.131. The van der Waals surface area contributed by atoms with Crippen molar-refractivity contribution in [3.8, 4) is 11.5 Å². The molecule has 0 fully saturated rings. The van der Waals surface area contributed by atoms with Gasteiger partial charge in [0.2, 0.25) is 11.8 Å². The molecule has 0 radical (unpaired) electrons. The molecular weight excluding hydrogens is 718 g/mol. The molecule has 51 heavy (non-hydrogen) atoms. The molecule has 0 aliphatic carbocycles. The lowest BCUT2D eigenvalue weighted by Gasteiger charge is -2.28. The van der Waals surface area contributed by atoms with Crippen LogP contribution in [0.15, 0.2) is 69.7 Å². The molecule has 2 aromatic heterocycles. The van der Waals surface area contributed by atoms with Crippen molar-refractivity contribution in [3.05, 3.63) is 105 Å². The molecule has 2 amide bonds. The van der Waals surface area contributed by atoms with Gasteiger partial charge in [-0.2, -0.15) is 0 Å². The highest BCUT2D eigenvalue weighted by Gasteiger charge is 2.61. The molecule has 1 unspecified atom stereocenters. The minimum absolute atomic E-state index is 0.0254. The van der Waals surface area contributed by atoms with E-state index in [9.17, 15) is 19.2 Å². The van der Waals surface area contributed by atoms with Crippen molar-refractivity contribution in [3.63, 3.8) is 0 Å². The van der Waals surface area contributed by atoms with Crippen LogP contribution < -0.4 is 25.4 Å². The van der Waals surface area contributed by atoms with E-state index in [-0.39, 0.29) is 47.4 Å². The van der Waals surface area contributed by atoms with Crippen molar-refractivity contribution < 1.29 is 33.1 Å². The maximum atomic E-state index is 14.4. The van der Waals surface area contributed by atoms with Gasteiger partial charge in [-0.1, -0.05) is 57.2 Å². The number of aromatic amines is 1. The second-order valence-electron chi connectivity index (χ2n) is 13.6. The van der Waals surface area contributed by atoms with E-state index >= 15 is 0 Å². The largest absolute Gasteiger partial charge is 0.469 e. The molecule has 4 N–H and O–H groups in total. The number of para-hydroxylation sites is 2. The Kier molecular flexibility index (Phi) is 7.78. The quantitative estimate of drug-likeness (QED) is 0.0934. The summed E-state index contributed by atoms with van der Waals surface area (Å²) in [7, 11) is 0. The Labute approximate surface area is 300 Å². The van der Waals surface area contributed by atoms with E-state index < -0.39 is 29.6 Å². The van der Waals surface area contributed by atoms with Crippen LogP contribution in [0.5, 0.6) is 11.5 Å². The van der Waals surface area contributed by atoms with Crippen LogP contribution in [0.3, 0.4) is 0 Å². The van der Waals surface area contributed by atoms with Gasteiger partial charge in [-0.15, -0.1) is 0 Å². The lowest BCUT2D eigenvalue weighted by atomic mass is 9.72. The zero-order chi connectivity index (χ0) is 35.8. The number of aromatic nitrogens is 2. The molecule has 3 aliphatic heterocycles. The highest BCUT2D eigenvalue weighted by molar-refractivity contribution is 9.10. The summed E-state index contributed by atoms with van der Waals surface area (Å²) in [6, 6.07) is 16.1. The molecule has 3 aromatic carbocycles. The van der Waals surface area contributed by atoms with Gasteiger partial charge in [-0.05, 0) is 52.0 Å². The van der Waals surface area contributed by atoms with Crippen LogP contribution in [0.25, 0.3) is 10.9 Å². The summed E-state index contributed by atoms with van der Waals surface area (Å²) in [6.07, 6.45) is 1.31. The van der Waals surface area contributed by atoms with Gasteiger partial charge in [0.15, 0.2) is 29.2 Å². The van der Waals surface area contributed by atoms with Crippen molar-refractivity contribution in [1.82, 2.24) is 20.6 Å². The van der Waals surface area contributed by atoms with E-state index in [4.69, 9.17) is 18.9 Å². The summed E-state index contributed by atoms with van der Waals surface area (Å²) >= 11 is 3.69. The Balaban J connectivity index is 1.25. The molecule has 5 aromatic rings. The monoisotopic (exact) mass is 751 g/mol. The molecule has 13 heteroatoms. The fourth-order valence-corrected chi connectivity index (χ4v) is 7.95. The van der Waals surface area contributed by atoms with Crippen LogP contribution in [-0.2, 0) is 21.4 Å². The van der Waals surface area contributed by atoms with Crippen LogP contribution in [0.4, 0.5) is 5.69 Å². The number of hydrogen-bond acceptors (Lipinski definition) is 9. The minimum Gasteiger partial charge on any atom is -0.469 e. The molecule has 0 saturated carbocycles. The number of carbonyl (C=O) groups is 4. The van der Waals surface area contributed by atoms with E-state index in [1.54, 1.807) is 18.2 Å². The molecule has 4 bridgehead atoms. The predicted molar refractivity (Wildman–Crippen MR) is 190 cm³/mol. The molecule has 0 saturated heterocycles. The average molecular weight is 753 g/mol. The third-order valence-corrected chi connectivity index (χ3v) is 10.6. The molecule has 4 atom stereocenters. The summed E-state index contributed by atoms with van der Waals surface area (Å²) in [5.74, 6) is -0.850. The number of halogens is 1. The molecular formula is C38H34BrN5O7. The maximum absolute atomic E-state index is 14.4. The minimum atomic E-state index is -1.15. The number of Topliss-reactive ketones (excluding diaryl/α,β-unsaturated/α-hetero) is 1. The van der Waals surface area contributed by atoms with Crippen molar-refractivity contribution in [2.24, 2.45) is 11.8 Å². The summed E-state index contributed by atoms with van der Waals surface area (Å²) in [5.41, 5.74) is 2.95. The van der Waals surface area contributed by atoms with Gasteiger partial charge in [0.1, 0.15) is 17.2 Å². The number of ketones is 1. The zero-order valence-corrected chi connectivity index (χ0v) is 29.8. The third-order valence-electron chi connectivity index (χ3n) is 9.90. The smallest absolute Gasteiger partial charge is 0.308 e. The number of fused-ring (bicyclic) bond motifs is 5. The van der Waals surface area contributed by atoms with Gasteiger partial charge in [-0.3, -0.25) is 19.2 Å². The van der Waals surface area contributed by atoms with Gasteiger partial charge in [0.25, 0.3) is 5.91 Å². The summed E-state index contributed by atoms with van der Waals surface area (Å²) < 4.78 is 19.4. The van der Waals surface area contributed by atoms with Crippen molar-refractivity contribution >= 4 is 56.1 Å². The number of H-pyrrole nitrogens is 1. The molecule has 5 heterocycles. The molecule has 1 spiro atoms. The highest BCUT2D eigenvalue weighted by atomic mass is 79.9. The number of rotatable bonds is 6. The number of hydrogen-bond donors (Lipinski definition) is 4. The Hall–Kier alpha value is -5.43. The van der Waals surface area contributed by atoms with Crippen LogP contribution in [0, 0.1) is 11.8 Å². The van der Waals surface area contributed by atoms with E-state index in [0.717, 1.165) is 26.9 Å². The topological polar surface area (TPSA) is 165 Å². The Morgan fingerprint density at radius 1 is 1.10 bits per heavy atom. The van der Waals surface area contributed by atoms with Gasteiger partial charge in [0.05, 0.1) is 17.7 Å². The number of ether oxygens (including phenoxy) is 2. The van der Waals surface area contributed by atoms with Crippen LogP contribution >= 0.6 is 15.9 Å². The van der Waals surface area contributed by atoms with Crippen LogP contribution in [0.2, 0.25) is 0 Å². The number of esters is 1. The number of carbonyl (C=O) groups excluding carboxylic acids is 4. The molecule has 260 valence electrons. The summed E-state index contributed by atoms with van der Waals surface area (Å²) in [5, 5.41) is 9.96. The zero-order valence-electron chi connectivity index (χ0n) is 28.2. The second kappa shape index (κ2) is 12.1. The highest BCUT2D eigenvalue weighted by Crippen LogP contribution is 2.59. The second-order valence-corrected chi connectivity index (χ2v) is 14.4. The number of benzene rings is 3. The van der Waals surface area contributed by atoms with E-state index in [1.165, 1.54) is 13.1 Å². The number of amides is 2. The fraction of sp³-hybridized carbons (Fsp3) is 0.289. The van der Waals surface area contributed by atoms with Crippen molar-refractivity contribution in [1.29, 1.82) is 0 Å². The molecule has 3 aliphatic rings. The number of nitrogens with zero attached hydrogens (tertiary/aromatic N) is 1. The SMILES string of the molecule is CC(=O)Oc1cccc2c(C(=O)CNC(=O)c3nc4oc3[C@]35c6cc(ccc6OC3Nc3c(Br)cccc35)C[C@H](C)C(=O)N[C@H]4C(C)C)c[nH]c12. The van der Waals surface area contributed by atoms with Gasteiger partial charge < -0.3 is 34.8 Å². The van der Waals surface area contributed by atoms with Gasteiger partial charge in [0, 0.05) is 45.6 Å². The summed E-state index contributed by atoms with van der Waals surface area (Å²) in [4.78, 5) is 60.9. The standard InChI is InChI=1S/C38H34BrN5O7/c1-17(2)29-36-43-32(35(48)41-16-26(46)22-15-40-30-21(22)7-5-10-28(30)49-19(4)45)33(51-36)38-23-8-6-9-25(39)31(23)44-37(38)50-27-12-11-20(14-24(27)38)13-18(3)34(47)42-29/h5-12,14-15,17-18,29,37,40,44H,13,16H2,1-4H3,(H,41,48)(H,42,47)/t18-,29-,37?,38-/m0/s1. The first kappa shape index (κ1) is 32.8. The normalized spacial score (nSPS) is 21.5. The Bertz CT molecular complexity index is 2290. The maximum Gasteiger partial charge on any atom is 0.308 e. The number of nitrogens with one attached hydrogen (secondary N) is 4. The first-order valence-electron chi connectivity index (χ1n) is 16.7. The number of oxazole rings is 1. The van der Waals surface area contributed by atoms with E-state index in [0.29, 0.717) is 34.4 Å². The van der Waals surface area contributed by atoms with Crippen LogP contribution in [-0.4, -0.2) is 46.3 Å². The van der Waals surface area contributed by atoms with Crippen LogP contribution in [0.1, 0.15) is 82.9 Å². The first-order chi connectivity index (χ1) is 24.5. The average Bonchev–Trinajstić information content (AvgIpc) is 3.86. The van der Waals surface area contributed by atoms with E-state index in [2.05, 4.69) is 36.9 Å². The molecule has 12 nitrogen and oxygen atoms in total. The van der Waals surface area contributed by atoms with E-state index in [1.807, 2.05) is 57.2 Å². The third kappa shape index (κ3) is 5.12. The van der Waals surface area contributed by atoms with Gasteiger partial charge in [-0.25, -0.2) is 4.98 Å². The summed E-state index contributed by atoms with van der Waals surface area (Å²) in [6.45, 7) is 6.71. The van der Waals surface area contributed by atoms with Gasteiger partial charge >= 0.3 is 5.97 Å². The number of anilines is 1. The Morgan fingerprint density at radius 2 is 1.90 bits per heavy atom. The van der Waals surface area contributed by atoms with Crippen molar-refractivity contribution in [2.45, 2.75) is 51.8 Å². The van der Waals surface area contributed by atoms with Crippen molar-refractivity contribution in [2.75, 3.05) is 11.9 Å². The first-order valence-corrected chi connectivity index (χ1v) is 17.5. The predicted octanol–water partition coefficient (Wildman–Crippen LogP) is 5.94. The Morgan fingerprint density at radius 3 is 2.69 bits per heavy atom. The lowest BCUT2D eigenvalue weighted by Crippen LogP contribution is -2.41. The molecule has 8 rings (SSSR count). The fourth-order valence-electron chi connectivity index (χ4n) is 7.47.